The van der Waals surface area contributed by atoms with Gasteiger partial charge in [-0.1, -0.05) is 6.42 Å². The number of rotatable bonds is 10. The number of nitrogens with one attached hydrogen (secondary N) is 1. The first-order valence-corrected chi connectivity index (χ1v) is 5.27. The molecule has 0 saturated carbocycles. The smallest absolute Gasteiger partial charge is 0.303 e. The minimum Gasteiger partial charge on any atom is -0.481 e. The molecular formula is C10H21NO3. The molecule has 0 rings (SSSR count). The van der Waals surface area contributed by atoms with Gasteiger partial charge in [-0.25, -0.2) is 0 Å². The Bertz CT molecular complexity index is 139. The van der Waals surface area contributed by atoms with E-state index in [4.69, 9.17) is 9.84 Å². The van der Waals surface area contributed by atoms with E-state index >= 15 is 0 Å². The third-order valence-electron chi connectivity index (χ3n) is 1.87. The molecule has 0 bridgehead atoms. The Balaban J connectivity index is 2.88. The number of hydrogen-bond donors (Lipinski definition) is 2. The highest BCUT2D eigenvalue weighted by atomic mass is 16.5. The molecule has 84 valence electrons. The molecule has 0 heterocycles. The van der Waals surface area contributed by atoms with Crippen molar-refractivity contribution >= 4 is 5.97 Å². The average molecular weight is 203 g/mol. The molecule has 0 fully saturated rings. The largest absolute Gasteiger partial charge is 0.481 e. The quantitative estimate of drug-likeness (QED) is 0.525. The molecule has 0 spiro atoms. The van der Waals surface area contributed by atoms with Crippen LogP contribution in [0.5, 0.6) is 0 Å². The highest BCUT2D eigenvalue weighted by Gasteiger charge is 1.95. The summed E-state index contributed by atoms with van der Waals surface area (Å²) < 4.78 is 5.15. The highest BCUT2D eigenvalue weighted by molar-refractivity contribution is 5.66. The molecule has 14 heavy (non-hydrogen) atoms. The van der Waals surface area contributed by atoms with Gasteiger partial charge in [0.05, 0.1) is 6.61 Å². The molecular weight excluding hydrogens is 182 g/mol. The lowest BCUT2D eigenvalue weighted by Gasteiger charge is -2.03. The van der Waals surface area contributed by atoms with Crippen molar-refractivity contribution in [2.75, 3.05) is 26.3 Å². The van der Waals surface area contributed by atoms with E-state index in [1.54, 1.807) is 0 Å². The van der Waals surface area contributed by atoms with Gasteiger partial charge in [0.2, 0.25) is 0 Å². The lowest BCUT2D eigenvalue weighted by atomic mass is 10.2. The van der Waals surface area contributed by atoms with Crippen LogP contribution in [0.15, 0.2) is 0 Å². The first kappa shape index (κ1) is 13.4. The Labute approximate surface area is 85.6 Å². The van der Waals surface area contributed by atoms with Crippen molar-refractivity contribution in [1.29, 1.82) is 0 Å². The van der Waals surface area contributed by atoms with Crippen molar-refractivity contribution in [1.82, 2.24) is 5.32 Å². The van der Waals surface area contributed by atoms with Crippen molar-refractivity contribution in [2.24, 2.45) is 0 Å². The van der Waals surface area contributed by atoms with Crippen molar-refractivity contribution in [3.63, 3.8) is 0 Å². The van der Waals surface area contributed by atoms with Crippen LogP contribution >= 0.6 is 0 Å². The van der Waals surface area contributed by atoms with Crippen LogP contribution in [0.25, 0.3) is 0 Å². The van der Waals surface area contributed by atoms with Gasteiger partial charge in [-0.05, 0) is 26.3 Å². The molecule has 0 unspecified atom stereocenters. The molecule has 0 radical (unpaired) electrons. The van der Waals surface area contributed by atoms with E-state index < -0.39 is 5.97 Å². The van der Waals surface area contributed by atoms with Gasteiger partial charge in [0.25, 0.3) is 0 Å². The van der Waals surface area contributed by atoms with Gasteiger partial charge >= 0.3 is 5.97 Å². The van der Waals surface area contributed by atoms with Gasteiger partial charge in [0, 0.05) is 19.6 Å². The van der Waals surface area contributed by atoms with Crippen LogP contribution in [0.3, 0.4) is 0 Å². The van der Waals surface area contributed by atoms with Crippen LogP contribution in [0.1, 0.15) is 32.6 Å². The molecule has 0 aromatic carbocycles. The fraction of sp³-hybridized carbons (Fsp3) is 0.900. The zero-order chi connectivity index (χ0) is 10.6. The Morgan fingerprint density at radius 3 is 2.71 bits per heavy atom. The van der Waals surface area contributed by atoms with E-state index in [1.165, 1.54) is 0 Å². The lowest BCUT2D eigenvalue weighted by molar-refractivity contribution is -0.137. The van der Waals surface area contributed by atoms with Crippen molar-refractivity contribution in [3.8, 4) is 0 Å². The first-order valence-electron chi connectivity index (χ1n) is 5.27. The van der Waals surface area contributed by atoms with E-state index in [9.17, 15) is 4.79 Å². The van der Waals surface area contributed by atoms with E-state index in [2.05, 4.69) is 5.32 Å². The Morgan fingerprint density at radius 2 is 2.07 bits per heavy atom. The van der Waals surface area contributed by atoms with E-state index in [1.807, 2.05) is 6.92 Å². The van der Waals surface area contributed by atoms with Gasteiger partial charge in [0.15, 0.2) is 0 Å². The van der Waals surface area contributed by atoms with Crippen molar-refractivity contribution in [3.05, 3.63) is 0 Å². The standard InChI is InChI=1S/C10H21NO3/c1-2-14-9-8-11-7-5-3-4-6-10(12)13/h11H,2-9H2,1H3,(H,12,13). The third kappa shape index (κ3) is 11.4. The van der Waals surface area contributed by atoms with Gasteiger partial charge in [-0.15, -0.1) is 0 Å². The van der Waals surface area contributed by atoms with E-state index in [0.717, 1.165) is 45.6 Å². The molecule has 4 nitrogen and oxygen atoms in total. The Kier molecular flexibility index (Phi) is 10.0. The maximum absolute atomic E-state index is 10.2. The fourth-order valence-electron chi connectivity index (χ4n) is 1.12. The number of aliphatic carboxylic acids is 1. The number of ether oxygens (including phenoxy) is 1. The topological polar surface area (TPSA) is 58.6 Å². The third-order valence-corrected chi connectivity index (χ3v) is 1.87. The molecule has 0 aromatic rings. The van der Waals surface area contributed by atoms with Crippen molar-refractivity contribution in [2.45, 2.75) is 32.6 Å². The SMILES string of the molecule is CCOCCNCCCCCC(=O)O. The summed E-state index contributed by atoms with van der Waals surface area (Å²) >= 11 is 0. The van der Waals surface area contributed by atoms with E-state index in [-0.39, 0.29) is 0 Å². The van der Waals surface area contributed by atoms with Crippen molar-refractivity contribution < 1.29 is 14.6 Å². The molecule has 0 amide bonds. The second-order valence-corrected chi connectivity index (χ2v) is 3.15. The van der Waals surface area contributed by atoms with Crippen LogP contribution in [-0.4, -0.2) is 37.4 Å². The Hall–Kier alpha value is -0.610. The molecule has 0 aliphatic carbocycles. The molecule has 0 aromatic heterocycles. The normalized spacial score (nSPS) is 10.4. The average Bonchev–Trinajstić information content (AvgIpc) is 2.15. The Morgan fingerprint density at radius 1 is 1.29 bits per heavy atom. The summed E-state index contributed by atoms with van der Waals surface area (Å²) in [5, 5.41) is 11.6. The second-order valence-electron chi connectivity index (χ2n) is 3.15. The molecule has 2 N–H and O–H groups in total. The number of unbranched alkanes of at least 4 members (excludes halogenated alkanes) is 2. The number of carboxylic acid groups (broad SMARTS) is 1. The molecule has 0 aliphatic heterocycles. The minimum absolute atomic E-state index is 0.291. The van der Waals surface area contributed by atoms with Crippen LogP contribution in [0, 0.1) is 0 Å². The van der Waals surface area contributed by atoms with Crippen LogP contribution < -0.4 is 5.32 Å². The monoisotopic (exact) mass is 203 g/mol. The predicted molar refractivity (Wildman–Crippen MR) is 55.5 cm³/mol. The molecule has 4 heteroatoms. The summed E-state index contributed by atoms with van der Waals surface area (Å²) in [6.07, 6.45) is 3.09. The van der Waals surface area contributed by atoms with Crippen LogP contribution in [0.4, 0.5) is 0 Å². The molecule has 0 aliphatic rings. The zero-order valence-corrected chi connectivity index (χ0v) is 8.92. The summed E-state index contributed by atoms with van der Waals surface area (Å²) in [7, 11) is 0. The number of carbonyl (C=O) groups is 1. The summed E-state index contributed by atoms with van der Waals surface area (Å²) in [5.41, 5.74) is 0. The first-order chi connectivity index (χ1) is 6.77. The molecule has 0 atom stereocenters. The maximum Gasteiger partial charge on any atom is 0.303 e. The van der Waals surface area contributed by atoms with Gasteiger partial charge < -0.3 is 15.2 Å². The second kappa shape index (κ2) is 10.5. The maximum atomic E-state index is 10.2. The van der Waals surface area contributed by atoms with Crippen LogP contribution in [0.2, 0.25) is 0 Å². The number of carboxylic acids is 1. The van der Waals surface area contributed by atoms with Gasteiger partial charge in [0.1, 0.15) is 0 Å². The molecule has 0 saturated heterocycles. The number of hydrogen-bond acceptors (Lipinski definition) is 3. The summed E-state index contributed by atoms with van der Waals surface area (Å²) in [5.74, 6) is -0.700. The van der Waals surface area contributed by atoms with Gasteiger partial charge in [-0.3, -0.25) is 4.79 Å². The van der Waals surface area contributed by atoms with Crippen LogP contribution in [-0.2, 0) is 9.53 Å². The van der Waals surface area contributed by atoms with Gasteiger partial charge in [-0.2, -0.15) is 0 Å². The zero-order valence-electron chi connectivity index (χ0n) is 8.92. The summed E-state index contributed by atoms with van der Waals surface area (Å²) in [4.78, 5) is 10.2. The highest BCUT2D eigenvalue weighted by Crippen LogP contribution is 1.98. The predicted octanol–water partition coefficient (Wildman–Crippen LogP) is 1.26. The summed E-state index contributed by atoms with van der Waals surface area (Å²) in [6.45, 7) is 5.33. The minimum atomic E-state index is -0.700. The van der Waals surface area contributed by atoms with E-state index in [0.29, 0.717) is 6.42 Å². The summed E-state index contributed by atoms with van der Waals surface area (Å²) in [6, 6.07) is 0. The fourth-order valence-corrected chi connectivity index (χ4v) is 1.12. The lowest BCUT2D eigenvalue weighted by Crippen LogP contribution is -2.20.